The van der Waals surface area contributed by atoms with Crippen LogP contribution in [0.1, 0.15) is 23.6 Å². The number of alkyl halides is 1. The summed E-state index contributed by atoms with van der Waals surface area (Å²) in [7, 11) is 0. The lowest BCUT2D eigenvalue weighted by Gasteiger charge is -2.10. The minimum absolute atomic E-state index is 0.230. The molecular weight excluding hydrogens is 291 g/mol. The molecule has 0 saturated heterocycles. The van der Waals surface area contributed by atoms with Crippen LogP contribution in [0, 0.1) is 6.92 Å². The highest BCUT2D eigenvalue weighted by Gasteiger charge is 2.12. The first-order chi connectivity index (χ1) is 7.58. The van der Waals surface area contributed by atoms with E-state index < -0.39 is 0 Å². The van der Waals surface area contributed by atoms with Crippen molar-refractivity contribution in [2.75, 3.05) is 6.61 Å². The molecule has 0 heterocycles. The summed E-state index contributed by atoms with van der Waals surface area (Å²) in [6.07, 6.45) is 0.230. The maximum Gasteiger partial charge on any atom is 0.310 e. The third-order valence-electron chi connectivity index (χ3n) is 2.20. The summed E-state index contributed by atoms with van der Waals surface area (Å²) in [5.74, 6) is -0.240. The number of rotatable bonds is 4. The van der Waals surface area contributed by atoms with Gasteiger partial charge in [-0.1, -0.05) is 33.6 Å². The normalized spacial score (nSPS) is 10.2. The first kappa shape index (κ1) is 13.5. The summed E-state index contributed by atoms with van der Waals surface area (Å²) in [5, 5.41) is 1.31. The van der Waals surface area contributed by atoms with Gasteiger partial charge in [0.25, 0.3) is 0 Å². The van der Waals surface area contributed by atoms with Crippen LogP contribution in [0.5, 0.6) is 0 Å². The molecule has 0 aromatic heterocycles. The molecule has 0 spiro atoms. The average molecular weight is 306 g/mol. The lowest BCUT2D eigenvalue weighted by molar-refractivity contribution is -0.142. The van der Waals surface area contributed by atoms with Crippen molar-refractivity contribution >= 4 is 33.5 Å². The van der Waals surface area contributed by atoms with E-state index in [2.05, 4.69) is 15.9 Å². The van der Waals surface area contributed by atoms with Crippen molar-refractivity contribution < 1.29 is 9.53 Å². The number of hydrogen-bond donors (Lipinski definition) is 0. The summed E-state index contributed by atoms with van der Waals surface area (Å²) >= 11 is 9.52. The van der Waals surface area contributed by atoms with Gasteiger partial charge in [0, 0.05) is 10.4 Å². The van der Waals surface area contributed by atoms with Crippen molar-refractivity contribution in [1.29, 1.82) is 0 Å². The maximum atomic E-state index is 11.4. The fourth-order valence-corrected chi connectivity index (χ4v) is 2.38. The molecule has 0 N–H and O–H groups in total. The van der Waals surface area contributed by atoms with Gasteiger partial charge >= 0.3 is 5.97 Å². The third-order valence-corrected chi connectivity index (χ3v) is 3.14. The van der Waals surface area contributed by atoms with E-state index in [1.165, 1.54) is 0 Å². The second kappa shape index (κ2) is 6.26. The van der Waals surface area contributed by atoms with Crippen LogP contribution < -0.4 is 0 Å². The molecule has 2 nitrogen and oxygen atoms in total. The van der Waals surface area contributed by atoms with Crippen LogP contribution in [-0.2, 0) is 21.3 Å². The number of ether oxygens (including phenoxy) is 1. The number of aryl methyl sites for hydroxylation is 1. The lowest BCUT2D eigenvalue weighted by Crippen LogP contribution is -2.09. The highest BCUT2D eigenvalue weighted by atomic mass is 79.9. The smallest absolute Gasteiger partial charge is 0.310 e. The first-order valence-corrected chi connectivity index (χ1v) is 6.58. The van der Waals surface area contributed by atoms with Crippen LogP contribution in [-0.4, -0.2) is 12.6 Å². The Bertz CT molecular complexity index is 391. The zero-order valence-electron chi connectivity index (χ0n) is 9.35. The SMILES string of the molecule is CCOC(=O)Cc1c(Cl)cc(C)cc1CBr. The Morgan fingerprint density at radius 1 is 1.50 bits per heavy atom. The summed E-state index contributed by atoms with van der Waals surface area (Å²) in [6.45, 7) is 4.16. The van der Waals surface area contributed by atoms with Gasteiger partial charge < -0.3 is 4.74 Å². The molecule has 0 aliphatic rings. The highest BCUT2D eigenvalue weighted by Crippen LogP contribution is 2.25. The van der Waals surface area contributed by atoms with Crippen LogP contribution in [0.4, 0.5) is 0 Å². The van der Waals surface area contributed by atoms with Gasteiger partial charge in [-0.15, -0.1) is 0 Å². The van der Waals surface area contributed by atoms with Gasteiger partial charge in [0.15, 0.2) is 0 Å². The molecule has 0 fully saturated rings. The van der Waals surface area contributed by atoms with Gasteiger partial charge in [-0.2, -0.15) is 0 Å². The van der Waals surface area contributed by atoms with Crippen LogP contribution in [0.15, 0.2) is 12.1 Å². The van der Waals surface area contributed by atoms with Gasteiger partial charge in [0.1, 0.15) is 0 Å². The molecule has 0 aliphatic carbocycles. The Balaban J connectivity index is 2.98. The molecule has 0 amide bonds. The molecule has 0 radical (unpaired) electrons. The van der Waals surface area contributed by atoms with Gasteiger partial charge in [0.2, 0.25) is 0 Å². The Kier molecular flexibility index (Phi) is 5.29. The Hall–Kier alpha value is -0.540. The van der Waals surface area contributed by atoms with E-state index in [0.29, 0.717) is 17.0 Å². The summed E-state index contributed by atoms with van der Waals surface area (Å²) in [6, 6.07) is 3.89. The Morgan fingerprint density at radius 3 is 2.75 bits per heavy atom. The van der Waals surface area contributed by atoms with Gasteiger partial charge in [-0.05, 0) is 36.6 Å². The Labute approximate surface area is 109 Å². The monoisotopic (exact) mass is 304 g/mol. The van der Waals surface area contributed by atoms with Crippen molar-refractivity contribution in [3.63, 3.8) is 0 Å². The molecule has 88 valence electrons. The number of benzene rings is 1. The van der Waals surface area contributed by atoms with Crippen molar-refractivity contribution in [3.8, 4) is 0 Å². The number of esters is 1. The second-order valence-electron chi connectivity index (χ2n) is 3.50. The van der Waals surface area contributed by atoms with E-state index in [0.717, 1.165) is 16.7 Å². The van der Waals surface area contributed by atoms with Crippen molar-refractivity contribution in [2.24, 2.45) is 0 Å². The zero-order chi connectivity index (χ0) is 12.1. The van der Waals surface area contributed by atoms with E-state index in [1.807, 2.05) is 19.1 Å². The fraction of sp³-hybridized carbons (Fsp3) is 0.417. The molecule has 0 aliphatic heterocycles. The van der Waals surface area contributed by atoms with Gasteiger partial charge in [0.05, 0.1) is 13.0 Å². The van der Waals surface area contributed by atoms with Gasteiger partial charge in [-0.25, -0.2) is 0 Å². The minimum Gasteiger partial charge on any atom is -0.466 e. The number of halogens is 2. The molecule has 0 atom stereocenters. The highest BCUT2D eigenvalue weighted by molar-refractivity contribution is 9.08. The van der Waals surface area contributed by atoms with E-state index in [9.17, 15) is 4.79 Å². The standard InChI is InChI=1S/C12H14BrClO2/c1-3-16-12(15)6-10-9(7-13)4-8(2)5-11(10)14/h4-5H,3,6-7H2,1-2H3. The molecule has 0 unspecified atom stereocenters. The summed E-state index contributed by atoms with van der Waals surface area (Å²) in [5.41, 5.74) is 2.98. The van der Waals surface area contributed by atoms with Crippen molar-refractivity contribution in [1.82, 2.24) is 0 Å². The summed E-state index contributed by atoms with van der Waals surface area (Å²) in [4.78, 5) is 11.4. The van der Waals surface area contributed by atoms with Crippen LogP contribution in [0.25, 0.3) is 0 Å². The fourth-order valence-electron chi connectivity index (χ4n) is 1.52. The van der Waals surface area contributed by atoms with E-state index in [4.69, 9.17) is 16.3 Å². The van der Waals surface area contributed by atoms with Crippen LogP contribution in [0.3, 0.4) is 0 Å². The molecular formula is C12H14BrClO2. The predicted octanol–water partition coefficient (Wildman–Crippen LogP) is 3.65. The molecule has 1 rings (SSSR count). The quantitative estimate of drug-likeness (QED) is 0.627. The largest absolute Gasteiger partial charge is 0.466 e. The third kappa shape index (κ3) is 3.49. The average Bonchev–Trinajstić information content (AvgIpc) is 2.22. The van der Waals surface area contributed by atoms with Gasteiger partial charge in [-0.3, -0.25) is 4.79 Å². The molecule has 16 heavy (non-hydrogen) atoms. The number of hydrogen-bond acceptors (Lipinski definition) is 2. The molecule has 0 saturated carbocycles. The second-order valence-corrected chi connectivity index (χ2v) is 4.47. The zero-order valence-corrected chi connectivity index (χ0v) is 11.7. The summed E-state index contributed by atoms with van der Waals surface area (Å²) < 4.78 is 4.92. The lowest BCUT2D eigenvalue weighted by atomic mass is 10.0. The number of carbonyl (C=O) groups is 1. The van der Waals surface area contributed by atoms with Crippen LogP contribution >= 0.6 is 27.5 Å². The Morgan fingerprint density at radius 2 is 2.19 bits per heavy atom. The first-order valence-electron chi connectivity index (χ1n) is 5.08. The molecule has 1 aromatic carbocycles. The minimum atomic E-state index is -0.240. The topological polar surface area (TPSA) is 26.3 Å². The van der Waals surface area contributed by atoms with Crippen molar-refractivity contribution in [3.05, 3.63) is 33.8 Å². The molecule has 0 bridgehead atoms. The van der Waals surface area contributed by atoms with Crippen LogP contribution in [0.2, 0.25) is 5.02 Å². The molecule has 1 aromatic rings. The predicted molar refractivity (Wildman–Crippen MR) is 69.2 cm³/mol. The van der Waals surface area contributed by atoms with E-state index >= 15 is 0 Å². The van der Waals surface area contributed by atoms with Crippen molar-refractivity contribution in [2.45, 2.75) is 25.6 Å². The maximum absolute atomic E-state index is 11.4. The molecule has 4 heteroatoms. The van der Waals surface area contributed by atoms with E-state index in [-0.39, 0.29) is 12.4 Å². The van der Waals surface area contributed by atoms with E-state index in [1.54, 1.807) is 6.92 Å². The number of carbonyl (C=O) groups excluding carboxylic acids is 1.